The number of aryl methyl sites for hydroxylation is 1. The van der Waals surface area contributed by atoms with Gasteiger partial charge in [-0.15, -0.1) is 0 Å². The Hall–Kier alpha value is -1.33. The van der Waals surface area contributed by atoms with E-state index in [1.54, 1.807) is 0 Å². The molecule has 22 heavy (non-hydrogen) atoms. The zero-order chi connectivity index (χ0) is 16.2. The summed E-state index contributed by atoms with van der Waals surface area (Å²) in [4.78, 5) is 43.5. The van der Waals surface area contributed by atoms with Crippen molar-refractivity contribution in [3.63, 3.8) is 0 Å². The molecule has 0 aromatic carbocycles. The number of aromatic nitrogens is 2. The lowest BCUT2D eigenvalue weighted by atomic mass is 10.2. The number of hydrogen-bond donors (Lipinski definition) is 5. The third-order valence-corrected chi connectivity index (χ3v) is 3.07. The van der Waals surface area contributed by atoms with E-state index in [4.69, 9.17) is 4.89 Å². The highest BCUT2D eigenvalue weighted by Gasteiger charge is 2.18. The first-order valence-electron chi connectivity index (χ1n) is 5.87. The molecule has 11 nitrogen and oxygen atoms in total. The third kappa shape index (κ3) is 6.62. The lowest BCUT2D eigenvalue weighted by Gasteiger charge is -2.21. The molecule has 3 atom stereocenters. The molecule has 0 aliphatic carbocycles. The van der Waals surface area contributed by atoms with Gasteiger partial charge in [0, 0.05) is 11.8 Å². The van der Waals surface area contributed by atoms with E-state index in [2.05, 4.69) is 4.74 Å². The van der Waals surface area contributed by atoms with Crippen LogP contribution in [-0.2, 0) is 15.8 Å². The van der Waals surface area contributed by atoms with Crippen LogP contribution in [-0.4, -0.2) is 49.8 Å². The van der Waals surface area contributed by atoms with Crippen LogP contribution in [0.2, 0.25) is 0 Å². The van der Waals surface area contributed by atoms with E-state index >= 15 is 0 Å². The average molecular weight is 341 g/mol. The Bertz CT molecular complexity index is 636. The number of hydrogen-bond acceptors (Lipinski definition) is 7. The Labute approximate surface area is 124 Å². The fraction of sp³-hybridized carbons (Fsp3) is 0.600. The summed E-state index contributed by atoms with van der Waals surface area (Å²) in [6.07, 6.45) is -2.68. The minimum absolute atomic E-state index is 0. The number of aromatic amines is 1. The highest BCUT2D eigenvalue weighted by atomic mass is 31.2. The molecule has 0 bridgehead atoms. The second-order valence-corrected chi connectivity index (χ2v) is 6.03. The van der Waals surface area contributed by atoms with Gasteiger partial charge in [-0.3, -0.25) is 14.3 Å². The summed E-state index contributed by atoms with van der Waals surface area (Å²) in [5.74, 6) is 0. The maximum atomic E-state index is 11.5. The van der Waals surface area contributed by atoms with Crippen LogP contribution in [0.3, 0.4) is 0 Å². The van der Waals surface area contributed by atoms with Gasteiger partial charge in [-0.2, -0.15) is 0 Å². The molecule has 3 unspecified atom stereocenters. The number of nitrogens with one attached hydrogen (secondary N) is 1. The molecule has 1 rings (SSSR count). The molecule has 128 valence electrons. The Morgan fingerprint density at radius 2 is 2.00 bits per heavy atom. The summed E-state index contributed by atoms with van der Waals surface area (Å²) in [5.41, 5.74) is -1.05. The number of quaternary nitrogens is 1. The van der Waals surface area contributed by atoms with Gasteiger partial charge in [0.25, 0.3) is 5.56 Å². The van der Waals surface area contributed by atoms with Gasteiger partial charge in [0.15, 0.2) is 7.60 Å². The van der Waals surface area contributed by atoms with Crippen LogP contribution in [0.1, 0.15) is 5.56 Å². The van der Waals surface area contributed by atoms with Crippen LogP contribution in [0.25, 0.3) is 0 Å². The SMILES string of the molecule is Cc1cn(CC(O)C(O)COCP(=O)([O-])O)c(=O)[nH]c1=O.[NH4+]. The van der Waals surface area contributed by atoms with Crippen molar-refractivity contribution < 1.29 is 29.3 Å². The molecule has 8 N–H and O–H groups in total. The number of ether oxygens (including phenoxy) is 1. The molecule has 0 radical (unpaired) electrons. The number of aliphatic hydroxyl groups is 2. The number of H-pyrrole nitrogens is 1. The van der Waals surface area contributed by atoms with Crippen molar-refractivity contribution in [2.45, 2.75) is 25.7 Å². The first kappa shape index (κ1) is 20.7. The van der Waals surface area contributed by atoms with Gasteiger partial charge in [0.2, 0.25) is 0 Å². The molecule has 1 heterocycles. The Morgan fingerprint density at radius 3 is 2.55 bits per heavy atom. The highest BCUT2D eigenvalue weighted by molar-refractivity contribution is 7.50. The molecule has 0 saturated carbocycles. The minimum Gasteiger partial charge on any atom is -0.777 e. The van der Waals surface area contributed by atoms with Crippen LogP contribution in [0.15, 0.2) is 15.8 Å². The van der Waals surface area contributed by atoms with Crippen molar-refractivity contribution in [1.29, 1.82) is 0 Å². The van der Waals surface area contributed by atoms with Gasteiger partial charge in [0.05, 0.1) is 13.2 Å². The largest absolute Gasteiger partial charge is 0.777 e. The van der Waals surface area contributed by atoms with Gasteiger partial charge >= 0.3 is 5.69 Å². The fourth-order valence-electron chi connectivity index (χ4n) is 1.48. The molecular weight excluding hydrogens is 321 g/mol. The molecule has 0 fully saturated rings. The first-order chi connectivity index (χ1) is 9.60. The molecule has 0 spiro atoms. The van der Waals surface area contributed by atoms with Crippen LogP contribution in [0, 0.1) is 6.92 Å². The summed E-state index contributed by atoms with van der Waals surface area (Å²) in [6.45, 7) is 0.591. The van der Waals surface area contributed by atoms with Gasteiger partial charge in [-0.1, -0.05) is 0 Å². The summed E-state index contributed by atoms with van der Waals surface area (Å²) < 4.78 is 15.9. The maximum absolute atomic E-state index is 11.5. The molecule has 0 aliphatic heterocycles. The van der Waals surface area contributed by atoms with Crippen molar-refractivity contribution in [2.75, 3.05) is 13.0 Å². The van der Waals surface area contributed by atoms with Crippen LogP contribution in [0.5, 0.6) is 0 Å². The van der Waals surface area contributed by atoms with Crippen molar-refractivity contribution in [3.05, 3.63) is 32.6 Å². The normalized spacial score (nSPS) is 16.4. The van der Waals surface area contributed by atoms with Gasteiger partial charge in [-0.05, 0) is 6.92 Å². The molecular formula is C10H20N3O8P. The topological polar surface area (TPSA) is 201 Å². The van der Waals surface area contributed by atoms with Crippen LogP contribution in [0.4, 0.5) is 0 Å². The maximum Gasteiger partial charge on any atom is 0.328 e. The van der Waals surface area contributed by atoms with Crippen LogP contribution < -0.4 is 22.3 Å². The number of nitrogens with zero attached hydrogens (tertiary/aromatic N) is 1. The fourth-order valence-corrected chi connectivity index (χ4v) is 1.81. The first-order valence-corrected chi connectivity index (χ1v) is 7.63. The lowest BCUT2D eigenvalue weighted by Crippen LogP contribution is -2.39. The van der Waals surface area contributed by atoms with E-state index in [1.165, 1.54) is 13.1 Å². The van der Waals surface area contributed by atoms with E-state index in [9.17, 15) is 29.3 Å². The molecule has 0 saturated heterocycles. The summed E-state index contributed by atoms with van der Waals surface area (Å²) >= 11 is 0. The van der Waals surface area contributed by atoms with E-state index in [0.717, 1.165) is 4.57 Å². The second-order valence-electron chi connectivity index (χ2n) is 4.50. The van der Waals surface area contributed by atoms with E-state index in [1.807, 2.05) is 4.98 Å². The highest BCUT2D eigenvalue weighted by Crippen LogP contribution is 2.28. The third-order valence-electron chi connectivity index (χ3n) is 2.56. The molecule has 1 aromatic rings. The Kier molecular flexibility index (Phi) is 7.84. The summed E-state index contributed by atoms with van der Waals surface area (Å²) in [5, 5.41) is 19.2. The van der Waals surface area contributed by atoms with Crippen molar-refractivity contribution in [2.24, 2.45) is 0 Å². The van der Waals surface area contributed by atoms with Gasteiger partial charge < -0.3 is 35.5 Å². The standard InChI is InChI=1S/C10H17N2O8P.H3N/c1-6-2-12(10(16)11-9(6)15)3-7(13)8(14)4-20-5-21(17,18)19;/h2,7-8,13-14H,3-5H2,1H3,(H,11,15,16)(H2,17,18,19);1H3. The van der Waals surface area contributed by atoms with Crippen molar-refractivity contribution in [3.8, 4) is 0 Å². The average Bonchev–Trinajstić information content (AvgIpc) is 2.34. The zero-order valence-electron chi connectivity index (χ0n) is 12.1. The van der Waals surface area contributed by atoms with Gasteiger partial charge in [-0.25, -0.2) is 4.79 Å². The second kappa shape index (κ2) is 8.34. The summed E-state index contributed by atoms with van der Waals surface area (Å²) in [7, 11) is -4.60. The number of rotatable bonds is 7. The Morgan fingerprint density at radius 1 is 1.41 bits per heavy atom. The zero-order valence-corrected chi connectivity index (χ0v) is 13.0. The summed E-state index contributed by atoms with van der Waals surface area (Å²) in [6, 6.07) is 0. The number of aliphatic hydroxyl groups excluding tert-OH is 2. The van der Waals surface area contributed by atoms with Crippen molar-refractivity contribution in [1.82, 2.24) is 15.7 Å². The van der Waals surface area contributed by atoms with Crippen molar-refractivity contribution >= 4 is 7.60 Å². The quantitative estimate of drug-likeness (QED) is 0.334. The molecule has 0 amide bonds. The Balaban J connectivity index is 0.00000441. The predicted octanol–water partition coefficient (Wildman–Crippen LogP) is -2.54. The predicted molar refractivity (Wildman–Crippen MR) is 74.7 cm³/mol. The minimum atomic E-state index is -4.60. The molecule has 12 heteroatoms. The monoisotopic (exact) mass is 341 g/mol. The molecule has 0 aliphatic rings. The van der Waals surface area contributed by atoms with Crippen LogP contribution >= 0.6 is 7.60 Å². The smallest absolute Gasteiger partial charge is 0.328 e. The van der Waals surface area contributed by atoms with Gasteiger partial charge in [0.1, 0.15) is 18.6 Å². The molecule has 1 aromatic heterocycles. The van der Waals surface area contributed by atoms with E-state index in [-0.39, 0.29) is 18.3 Å². The van der Waals surface area contributed by atoms with E-state index < -0.39 is 44.0 Å². The van der Waals surface area contributed by atoms with E-state index in [0.29, 0.717) is 0 Å². The lowest BCUT2D eigenvalue weighted by molar-refractivity contribution is -0.199.